The molecule has 0 saturated carbocycles. The van der Waals surface area contributed by atoms with Gasteiger partial charge < -0.3 is 11.5 Å². The number of nitrogens with zero attached hydrogens (tertiary/aromatic N) is 1. The Bertz CT molecular complexity index is 805. The summed E-state index contributed by atoms with van der Waals surface area (Å²) in [6.07, 6.45) is 2.08. The first-order valence-corrected chi connectivity index (χ1v) is 10.2. The molecule has 164 valence electrons. The highest BCUT2D eigenvalue weighted by atomic mass is 35.5. The van der Waals surface area contributed by atoms with E-state index in [-0.39, 0.29) is 24.3 Å². The van der Waals surface area contributed by atoms with Crippen LogP contribution in [0.2, 0.25) is 0 Å². The first-order chi connectivity index (χ1) is 14.6. The maximum absolute atomic E-state index is 6.81. The molecule has 6 N–H and O–H groups in total. The number of halogens is 1. The molecular weight excluding hydrogens is 406 g/mol. The first kappa shape index (κ1) is 25.7. The van der Waals surface area contributed by atoms with Crippen LogP contribution in [0.25, 0.3) is 0 Å². The van der Waals surface area contributed by atoms with Gasteiger partial charge in [0.2, 0.25) is 0 Å². The van der Waals surface area contributed by atoms with Gasteiger partial charge in [-0.1, -0.05) is 104 Å². The molecule has 3 aromatic carbocycles. The van der Waals surface area contributed by atoms with Gasteiger partial charge >= 0.3 is 0 Å². The van der Waals surface area contributed by atoms with Crippen LogP contribution in [0.1, 0.15) is 42.4 Å². The molecule has 0 bridgehead atoms. The number of hydrogen-bond acceptors (Lipinski definition) is 2. The van der Waals surface area contributed by atoms with Crippen LogP contribution in [0.5, 0.6) is 0 Å². The second-order valence-corrected chi connectivity index (χ2v) is 6.82. The van der Waals surface area contributed by atoms with Crippen LogP contribution in [0.15, 0.2) is 96.0 Å². The summed E-state index contributed by atoms with van der Waals surface area (Å²) in [5.74, 6) is 0.345. The normalized spacial score (nSPS) is 10.5. The molecule has 3 rings (SSSR count). The number of guanidine groups is 2. The average molecular weight is 438 g/mol. The molecule has 0 aromatic heterocycles. The van der Waals surface area contributed by atoms with Gasteiger partial charge in [-0.05, 0) is 23.1 Å². The van der Waals surface area contributed by atoms with Crippen molar-refractivity contribution in [2.24, 2.45) is 16.5 Å². The summed E-state index contributed by atoms with van der Waals surface area (Å²) in [6.45, 7) is 2.76. The SMILES string of the molecule is CCCCN=C(N)NC(=N)N.Cl.c1ccc(C(c2ccccc2)c2ccccc2)cc1. The Labute approximate surface area is 191 Å². The molecule has 0 spiro atoms. The summed E-state index contributed by atoms with van der Waals surface area (Å²) in [4.78, 5) is 3.92. The number of aliphatic imine (C=N–C) groups is 1. The van der Waals surface area contributed by atoms with Gasteiger partial charge in [0.15, 0.2) is 11.9 Å². The van der Waals surface area contributed by atoms with Crippen molar-refractivity contribution in [1.82, 2.24) is 5.32 Å². The lowest BCUT2D eigenvalue weighted by molar-refractivity contribution is 0.804. The molecule has 3 aromatic rings. The van der Waals surface area contributed by atoms with Crippen molar-refractivity contribution in [3.05, 3.63) is 108 Å². The number of nitrogens with one attached hydrogen (secondary N) is 2. The summed E-state index contributed by atoms with van der Waals surface area (Å²) >= 11 is 0. The second kappa shape index (κ2) is 14.6. The molecule has 0 saturated heterocycles. The van der Waals surface area contributed by atoms with Crippen LogP contribution in [-0.4, -0.2) is 18.5 Å². The highest BCUT2D eigenvalue weighted by molar-refractivity contribution is 5.95. The third kappa shape index (κ3) is 9.36. The number of unbranched alkanes of at least 4 members (excludes halogenated alkanes) is 1. The molecule has 0 aliphatic heterocycles. The summed E-state index contributed by atoms with van der Waals surface area (Å²) in [5.41, 5.74) is 14.3. The number of hydrogen-bond donors (Lipinski definition) is 4. The van der Waals surface area contributed by atoms with E-state index in [9.17, 15) is 0 Å². The van der Waals surface area contributed by atoms with Crippen molar-refractivity contribution in [1.29, 1.82) is 5.41 Å². The average Bonchev–Trinajstić information content (AvgIpc) is 2.76. The number of rotatable bonds is 6. The van der Waals surface area contributed by atoms with Crippen LogP contribution in [-0.2, 0) is 0 Å². The first-order valence-electron chi connectivity index (χ1n) is 10.2. The van der Waals surface area contributed by atoms with Gasteiger partial charge in [0.1, 0.15) is 0 Å². The van der Waals surface area contributed by atoms with E-state index in [1.165, 1.54) is 16.7 Å². The van der Waals surface area contributed by atoms with E-state index in [4.69, 9.17) is 16.9 Å². The third-order valence-electron chi connectivity index (χ3n) is 4.46. The molecule has 5 nitrogen and oxygen atoms in total. The molecule has 0 aliphatic carbocycles. The topological polar surface area (TPSA) is 100 Å². The smallest absolute Gasteiger partial charge is 0.195 e. The highest BCUT2D eigenvalue weighted by Crippen LogP contribution is 2.31. The fraction of sp³-hybridized carbons (Fsp3) is 0.200. The van der Waals surface area contributed by atoms with Gasteiger partial charge in [-0.3, -0.25) is 15.7 Å². The highest BCUT2D eigenvalue weighted by Gasteiger charge is 2.15. The fourth-order valence-electron chi connectivity index (χ4n) is 3.05. The van der Waals surface area contributed by atoms with Crippen LogP contribution < -0.4 is 16.8 Å². The van der Waals surface area contributed by atoms with E-state index in [1.54, 1.807) is 0 Å². The fourth-order valence-corrected chi connectivity index (χ4v) is 3.05. The molecule has 0 radical (unpaired) electrons. The van der Waals surface area contributed by atoms with E-state index >= 15 is 0 Å². The summed E-state index contributed by atoms with van der Waals surface area (Å²) < 4.78 is 0. The van der Waals surface area contributed by atoms with Crippen molar-refractivity contribution >= 4 is 24.3 Å². The lowest BCUT2D eigenvalue weighted by Crippen LogP contribution is -2.40. The molecule has 0 unspecified atom stereocenters. The predicted molar refractivity (Wildman–Crippen MR) is 134 cm³/mol. The van der Waals surface area contributed by atoms with Crippen LogP contribution >= 0.6 is 12.4 Å². The van der Waals surface area contributed by atoms with Gasteiger partial charge in [0, 0.05) is 12.5 Å². The zero-order chi connectivity index (χ0) is 21.6. The van der Waals surface area contributed by atoms with Crippen LogP contribution in [0.4, 0.5) is 0 Å². The molecule has 6 heteroatoms. The van der Waals surface area contributed by atoms with Gasteiger partial charge in [0.05, 0.1) is 0 Å². The van der Waals surface area contributed by atoms with E-state index in [2.05, 4.69) is 108 Å². The lowest BCUT2D eigenvalue weighted by atomic mass is 9.85. The van der Waals surface area contributed by atoms with Crippen molar-refractivity contribution in [2.45, 2.75) is 25.7 Å². The molecule has 0 atom stereocenters. The summed E-state index contributed by atoms with van der Waals surface area (Å²) in [5, 5.41) is 9.20. The zero-order valence-electron chi connectivity index (χ0n) is 17.9. The van der Waals surface area contributed by atoms with E-state index < -0.39 is 0 Å². The van der Waals surface area contributed by atoms with Crippen LogP contribution in [0.3, 0.4) is 0 Å². The van der Waals surface area contributed by atoms with E-state index in [0.717, 1.165) is 12.8 Å². The molecular formula is C25H32ClN5. The number of nitrogens with two attached hydrogens (primary N) is 2. The van der Waals surface area contributed by atoms with Crippen molar-refractivity contribution in [3.8, 4) is 0 Å². The summed E-state index contributed by atoms with van der Waals surface area (Å²) in [6, 6.07) is 32.0. The molecule has 0 fully saturated rings. The Morgan fingerprint density at radius 3 is 1.52 bits per heavy atom. The minimum atomic E-state index is -0.178. The van der Waals surface area contributed by atoms with E-state index in [0.29, 0.717) is 12.5 Å². The Morgan fingerprint density at radius 1 is 0.806 bits per heavy atom. The van der Waals surface area contributed by atoms with Gasteiger partial charge in [-0.15, -0.1) is 12.4 Å². The van der Waals surface area contributed by atoms with Crippen molar-refractivity contribution in [3.63, 3.8) is 0 Å². The standard InChI is InChI=1S/C19H16.C6H15N5.ClH/c1-4-10-16(11-5-1)19(17-12-6-2-7-13-17)18-14-8-3-9-15-18;1-2-3-4-10-6(9)11-5(7)8;/h1-15,19H;2-4H2,1H3,(H6,7,8,9,10,11);1H. The monoisotopic (exact) mass is 437 g/mol. The number of benzene rings is 3. The van der Waals surface area contributed by atoms with E-state index in [1.807, 2.05) is 0 Å². The molecule has 0 aliphatic rings. The second-order valence-electron chi connectivity index (χ2n) is 6.82. The summed E-state index contributed by atoms with van der Waals surface area (Å²) in [7, 11) is 0. The predicted octanol–water partition coefficient (Wildman–Crippen LogP) is 4.87. The maximum Gasteiger partial charge on any atom is 0.195 e. The quantitative estimate of drug-likeness (QED) is 0.191. The Hall–Kier alpha value is -3.31. The van der Waals surface area contributed by atoms with Gasteiger partial charge in [-0.2, -0.15) is 0 Å². The zero-order valence-corrected chi connectivity index (χ0v) is 18.7. The van der Waals surface area contributed by atoms with Crippen LogP contribution in [0, 0.1) is 5.41 Å². The van der Waals surface area contributed by atoms with Gasteiger partial charge in [-0.25, -0.2) is 0 Å². The molecule has 0 heterocycles. The third-order valence-corrected chi connectivity index (χ3v) is 4.46. The maximum atomic E-state index is 6.81. The Kier molecular flexibility index (Phi) is 12.1. The minimum Gasteiger partial charge on any atom is -0.370 e. The van der Waals surface area contributed by atoms with Gasteiger partial charge in [0.25, 0.3) is 0 Å². The van der Waals surface area contributed by atoms with Crippen molar-refractivity contribution < 1.29 is 0 Å². The Morgan fingerprint density at radius 2 is 1.19 bits per heavy atom. The van der Waals surface area contributed by atoms with Crippen molar-refractivity contribution in [2.75, 3.05) is 6.54 Å². The minimum absolute atomic E-state index is 0. The largest absolute Gasteiger partial charge is 0.370 e. The lowest BCUT2D eigenvalue weighted by Gasteiger charge is -2.18. The Balaban J connectivity index is 0.000000349. The molecule has 0 amide bonds. The molecule has 31 heavy (non-hydrogen) atoms.